The Morgan fingerprint density at radius 3 is 1.92 bits per heavy atom. The Hall–Kier alpha value is -2.94. The van der Waals surface area contributed by atoms with Crippen molar-refractivity contribution in [3.63, 3.8) is 0 Å². The largest absolute Gasteiger partial charge is 0.416 e. The first-order valence-electron chi connectivity index (χ1n) is 7.00. The number of anilines is 1. The standard InChI is InChI=1S/C16H10F3N3O2S/c17-16(18,19)9-5-7-10(8-6-9)20-15(25)21-22-13(23)11-3-1-2-4-12(11)14(22)24/h1-8H,(H2,20,21,25). The molecule has 2 amide bonds. The van der Waals surface area contributed by atoms with Gasteiger partial charge in [0.05, 0.1) is 16.7 Å². The topological polar surface area (TPSA) is 61.4 Å². The Balaban J connectivity index is 1.68. The lowest BCUT2D eigenvalue weighted by Gasteiger charge is -2.18. The summed E-state index contributed by atoms with van der Waals surface area (Å²) in [5, 5.41) is 3.27. The van der Waals surface area contributed by atoms with E-state index in [9.17, 15) is 22.8 Å². The minimum Gasteiger partial charge on any atom is -0.331 e. The van der Waals surface area contributed by atoms with Crippen LogP contribution in [0.1, 0.15) is 26.3 Å². The molecule has 0 aromatic heterocycles. The number of imide groups is 1. The third-order valence-corrected chi connectivity index (χ3v) is 3.67. The number of rotatable bonds is 2. The number of nitrogens with one attached hydrogen (secondary N) is 2. The molecule has 0 saturated heterocycles. The number of amides is 2. The Labute approximate surface area is 145 Å². The Morgan fingerprint density at radius 1 is 0.920 bits per heavy atom. The van der Waals surface area contributed by atoms with Gasteiger partial charge in [-0.05, 0) is 48.6 Å². The average Bonchev–Trinajstić information content (AvgIpc) is 2.80. The molecule has 3 rings (SSSR count). The number of hydrogen-bond donors (Lipinski definition) is 2. The van der Waals surface area contributed by atoms with Crippen molar-refractivity contribution < 1.29 is 22.8 Å². The molecule has 0 aliphatic carbocycles. The van der Waals surface area contributed by atoms with Crippen molar-refractivity contribution in [2.24, 2.45) is 0 Å². The zero-order chi connectivity index (χ0) is 18.2. The summed E-state index contributed by atoms with van der Waals surface area (Å²) in [6, 6.07) is 10.5. The molecule has 0 saturated carbocycles. The van der Waals surface area contributed by atoms with Crippen LogP contribution in [0.15, 0.2) is 48.5 Å². The van der Waals surface area contributed by atoms with Gasteiger partial charge in [-0.1, -0.05) is 12.1 Å². The first-order chi connectivity index (χ1) is 11.8. The molecule has 0 fully saturated rings. The first kappa shape index (κ1) is 16.9. The maximum atomic E-state index is 12.5. The van der Waals surface area contributed by atoms with Gasteiger partial charge in [-0.3, -0.25) is 15.0 Å². The zero-order valence-electron chi connectivity index (χ0n) is 12.4. The number of benzene rings is 2. The summed E-state index contributed by atoms with van der Waals surface area (Å²) in [4.78, 5) is 24.4. The van der Waals surface area contributed by atoms with E-state index >= 15 is 0 Å². The van der Waals surface area contributed by atoms with Gasteiger partial charge in [0, 0.05) is 5.69 Å². The molecule has 1 aliphatic rings. The molecular weight excluding hydrogens is 355 g/mol. The van der Waals surface area contributed by atoms with Crippen LogP contribution in [0.25, 0.3) is 0 Å². The molecule has 1 heterocycles. The van der Waals surface area contributed by atoms with Gasteiger partial charge in [0.1, 0.15) is 0 Å². The van der Waals surface area contributed by atoms with Gasteiger partial charge >= 0.3 is 6.18 Å². The van der Waals surface area contributed by atoms with E-state index in [1.807, 2.05) is 0 Å². The van der Waals surface area contributed by atoms with Gasteiger partial charge in [-0.2, -0.15) is 18.2 Å². The van der Waals surface area contributed by atoms with Crippen molar-refractivity contribution >= 4 is 34.8 Å². The van der Waals surface area contributed by atoms with E-state index in [4.69, 9.17) is 12.2 Å². The lowest BCUT2D eigenvalue weighted by molar-refractivity contribution is -0.137. The zero-order valence-corrected chi connectivity index (χ0v) is 13.2. The quantitative estimate of drug-likeness (QED) is 0.632. The molecule has 5 nitrogen and oxygen atoms in total. The summed E-state index contributed by atoms with van der Waals surface area (Å²) >= 11 is 5.01. The van der Waals surface area contributed by atoms with E-state index < -0.39 is 23.6 Å². The van der Waals surface area contributed by atoms with Crippen LogP contribution in [0.4, 0.5) is 18.9 Å². The average molecular weight is 365 g/mol. The van der Waals surface area contributed by atoms with Gasteiger partial charge in [-0.25, -0.2) is 0 Å². The number of alkyl halides is 3. The molecule has 0 unspecified atom stereocenters. The fourth-order valence-corrected chi connectivity index (χ4v) is 2.50. The SMILES string of the molecule is O=C1c2ccccc2C(=O)N1NC(=S)Nc1ccc(C(F)(F)F)cc1. The summed E-state index contributed by atoms with van der Waals surface area (Å²) in [6.07, 6.45) is -4.43. The highest BCUT2D eigenvalue weighted by Crippen LogP contribution is 2.29. The smallest absolute Gasteiger partial charge is 0.331 e. The van der Waals surface area contributed by atoms with E-state index in [1.165, 1.54) is 24.3 Å². The molecule has 2 aromatic rings. The molecule has 25 heavy (non-hydrogen) atoms. The minimum atomic E-state index is -4.43. The highest BCUT2D eigenvalue weighted by molar-refractivity contribution is 7.80. The molecule has 1 aliphatic heterocycles. The van der Waals surface area contributed by atoms with E-state index in [0.717, 1.165) is 17.1 Å². The molecular formula is C16H10F3N3O2S. The molecule has 2 N–H and O–H groups in total. The van der Waals surface area contributed by atoms with Crippen molar-refractivity contribution in [3.05, 3.63) is 65.2 Å². The highest BCUT2D eigenvalue weighted by atomic mass is 32.1. The summed E-state index contributed by atoms with van der Waals surface area (Å²) in [6.45, 7) is 0. The number of hydrazine groups is 1. The third kappa shape index (κ3) is 3.31. The highest BCUT2D eigenvalue weighted by Gasteiger charge is 2.36. The summed E-state index contributed by atoms with van der Waals surface area (Å²) in [5.41, 5.74) is 2.43. The van der Waals surface area contributed by atoms with E-state index in [0.29, 0.717) is 0 Å². The molecule has 0 spiro atoms. The molecule has 2 aromatic carbocycles. The molecule has 0 bridgehead atoms. The van der Waals surface area contributed by atoms with Gasteiger partial charge in [0.15, 0.2) is 5.11 Å². The van der Waals surface area contributed by atoms with Crippen LogP contribution in [0, 0.1) is 0 Å². The number of nitrogens with zero attached hydrogens (tertiary/aromatic N) is 1. The molecule has 0 atom stereocenters. The van der Waals surface area contributed by atoms with E-state index in [2.05, 4.69) is 10.7 Å². The summed E-state index contributed by atoms with van der Waals surface area (Å²) in [5.74, 6) is -1.12. The normalized spacial score (nSPS) is 13.6. The van der Waals surface area contributed by atoms with Gasteiger partial charge in [0.25, 0.3) is 11.8 Å². The van der Waals surface area contributed by atoms with Crippen molar-refractivity contribution in [3.8, 4) is 0 Å². The number of hydrogen-bond acceptors (Lipinski definition) is 3. The monoisotopic (exact) mass is 365 g/mol. The maximum Gasteiger partial charge on any atom is 0.416 e. The third-order valence-electron chi connectivity index (χ3n) is 3.48. The maximum absolute atomic E-state index is 12.5. The van der Waals surface area contributed by atoms with Crippen LogP contribution in [0.2, 0.25) is 0 Å². The predicted octanol–water partition coefficient (Wildman–Crippen LogP) is 3.20. The number of thiocarbonyl (C=S) groups is 1. The lowest BCUT2D eigenvalue weighted by atomic mass is 10.1. The fourth-order valence-electron chi connectivity index (χ4n) is 2.29. The van der Waals surface area contributed by atoms with Crippen LogP contribution in [0.3, 0.4) is 0 Å². The summed E-state index contributed by atoms with van der Waals surface area (Å²) in [7, 11) is 0. The van der Waals surface area contributed by atoms with Crippen LogP contribution < -0.4 is 10.7 Å². The van der Waals surface area contributed by atoms with Gasteiger partial charge in [0.2, 0.25) is 0 Å². The Morgan fingerprint density at radius 2 is 1.44 bits per heavy atom. The number of fused-ring (bicyclic) bond motifs is 1. The number of halogens is 3. The van der Waals surface area contributed by atoms with Crippen molar-refractivity contribution in [2.45, 2.75) is 6.18 Å². The van der Waals surface area contributed by atoms with E-state index in [-0.39, 0.29) is 21.9 Å². The Kier molecular flexibility index (Phi) is 4.17. The number of carbonyl (C=O) groups excluding carboxylic acids is 2. The second kappa shape index (κ2) is 6.17. The first-order valence-corrected chi connectivity index (χ1v) is 7.41. The molecule has 128 valence electrons. The van der Waals surface area contributed by atoms with Crippen molar-refractivity contribution in [1.29, 1.82) is 0 Å². The molecule has 0 radical (unpaired) electrons. The van der Waals surface area contributed by atoms with Gasteiger partial charge < -0.3 is 5.32 Å². The van der Waals surface area contributed by atoms with Crippen molar-refractivity contribution in [1.82, 2.24) is 10.4 Å². The fraction of sp³-hybridized carbons (Fsp3) is 0.0625. The second-order valence-corrected chi connectivity index (χ2v) is 5.54. The van der Waals surface area contributed by atoms with Crippen LogP contribution in [-0.2, 0) is 6.18 Å². The number of carbonyl (C=O) groups is 2. The molecule has 9 heteroatoms. The van der Waals surface area contributed by atoms with Crippen LogP contribution in [-0.4, -0.2) is 21.9 Å². The lowest BCUT2D eigenvalue weighted by Crippen LogP contribution is -2.47. The van der Waals surface area contributed by atoms with Crippen LogP contribution in [0.5, 0.6) is 0 Å². The van der Waals surface area contributed by atoms with Crippen molar-refractivity contribution in [2.75, 3.05) is 5.32 Å². The Bertz CT molecular complexity index is 831. The van der Waals surface area contributed by atoms with Gasteiger partial charge in [-0.15, -0.1) is 0 Å². The minimum absolute atomic E-state index is 0.103. The second-order valence-electron chi connectivity index (χ2n) is 5.13. The summed E-state index contributed by atoms with van der Waals surface area (Å²) < 4.78 is 37.6. The van der Waals surface area contributed by atoms with Crippen LogP contribution >= 0.6 is 12.2 Å². The predicted molar refractivity (Wildman–Crippen MR) is 87.7 cm³/mol. The van der Waals surface area contributed by atoms with E-state index in [1.54, 1.807) is 12.1 Å².